The molecule has 4 rings (SSSR count). The van der Waals surface area contributed by atoms with Crippen LogP contribution in [0, 0.1) is 5.41 Å². The Kier molecular flexibility index (Phi) is 4.62. The first-order valence-electron chi connectivity index (χ1n) is 8.41. The van der Waals surface area contributed by atoms with Gasteiger partial charge in [0.15, 0.2) is 4.21 Å². The third-order valence-electron chi connectivity index (χ3n) is 5.28. The lowest BCUT2D eigenvalue weighted by Gasteiger charge is -2.37. The largest absolute Gasteiger partial charge is 0.316 e. The van der Waals surface area contributed by atoms with Crippen molar-refractivity contribution < 1.29 is 8.42 Å². The van der Waals surface area contributed by atoms with Crippen LogP contribution < -0.4 is 5.32 Å². The van der Waals surface area contributed by atoms with Crippen molar-refractivity contribution in [1.29, 1.82) is 0 Å². The smallest absolute Gasteiger partial charge is 0.254 e. The zero-order chi connectivity index (χ0) is 17.5. The Labute approximate surface area is 157 Å². The van der Waals surface area contributed by atoms with E-state index >= 15 is 0 Å². The van der Waals surface area contributed by atoms with Crippen molar-refractivity contribution in [3.63, 3.8) is 0 Å². The summed E-state index contributed by atoms with van der Waals surface area (Å²) in [6, 6.07) is 7.28. The van der Waals surface area contributed by atoms with Gasteiger partial charge < -0.3 is 5.32 Å². The Bertz CT molecular complexity index is 848. The van der Waals surface area contributed by atoms with Gasteiger partial charge in [0.05, 0.1) is 6.20 Å². The van der Waals surface area contributed by atoms with Gasteiger partial charge >= 0.3 is 0 Å². The second kappa shape index (κ2) is 6.63. The molecule has 2 fully saturated rings. The minimum Gasteiger partial charge on any atom is -0.316 e. The Morgan fingerprint density at radius 1 is 1.16 bits per heavy atom. The number of halogens is 1. The van der Waals surface area contributed by atoms with Crippen LogP contribution >= 0.6 is 22.9 Å². The molecule has 5 nitrogen and oxygen atoms in total. The van der Waals surface area contributed by atoms with Gasteiger partial charge in [-0.1, -0.05) is 23.7 Å². The molecule has 0 radical (unpaired) electrons. The molecule has 2 saturated heterocycles. The van der Waals surface area contributed by atoms with Gasteiger partial charge in [0.25, 0.3) is 10.0 Å². The van der Waals surface area contributed by atoms with E-state index < -0.39 is 10.0 Å². The van der Waals surface area contributed by atoms with Gasteiger partial charge in [-0.2, -0.15) is 4.31 Å². The quantitative estimate of drug-likeness (QED) is 0.863. The Morgan fingerprint density at radius 3 is 2.52 bits per heavy atom. The minimum absolute atomic E-state index is 0.300. The summed E-state index contributed by atoms with van der Waals surface area (Å²) < 4.78 is 27.8. The Hall–Kier alpha value is -0.990. The van der Waals surface area contributed by atoms with Gasteiger partial charge in [-0.25, -0.2) is 13.4 Å². The Balaban J connectivity index is 1.52. The molecule has 8 heteroatoms. The normalized spacial score (nSPS) is 21.0. The molecule has 3 heterocycles. The molecule has 0 saturated carbocycles. The molecule has 2 aromatic rings. The topological polar surface area (TPSA) is 62.3 Å². The van der Waals surface area contributed by atoms with E-state index in [9.17, 15) is 8.42 Å². The van der Waals surface area contributed by atoms with Crippen LogP contribution in [0.2, 0.25) is 5.02 Å². The van der Waals surface area contributed by atoms with Crippen LogP contribution in [0.15, 0.2) is 34.7 Å². The van der Waals surface area contributed by atoms with Crippen LogP contribution in [0.5, 0.6) is 0 Å². The highest BCUT2D eigenvalue weighted by Gasteiger charge is 2.40. The van der Waals surface area contributed by atoms with Gasteiger partial charge in [-0.05, 0) is 43.4 Å². The van der Waals surface area contributed by atoms with E-state index in [4.69, 9.17) is 11.6 Å². The molecule has 134 valence electrons. The number of benzene rings is 1. The van der Waals surface area contributed by atoms with Crippen LogP contribution in [-0.4, -0.2) is 43.9 Å². The van der Waals surface area contributed by atoms with Crippen LogP contribution in [0.1, 0.15) is 19.3 Å². The van der Waals surface area contributed by atoms with E-state index in [1.807, 2.05) is 12.1 Å². The van der Waals surface area contributed by atoms with Crippen molar-refractivity contribution in [2.75, 3.05) is 26.2 Å². The summed E-state index contributed by atoms with van der Waals surface area (Å²) >= 11 is 7.13. The zero-order valence-corrected chi connectivity index (χ0v) is 16.1. The fourth-order valence-corrected chi connectivity index (χ4v) is 6.51. The van der Waals surface area contributed by atoms with Crippen LogP contribution in [0.4, 0.5) is 0 Å². The fourth-order valence-electron chi connectivity index (χ4n) is 3.65. The Morgan fingerprint density at radius 2 is 1.88 bits per heavy atom. The third kappa shape index (κ3) is 3.36. The minimum atomic E-state index is -3.46. The number of nitrogens with one attached hydrogen (secondary N) is 1. The van der Waals surface area contributed by atoms with Crippen molar-refractivity contribution >= 4 is 33.0 Å². The second-order valence-electron chi connectivity index (χ2n) is 6.82. The number of piperidine rings is 1. The summed E-state index contributed by atoms with van der Waals surface area (Å²) in [5, 5.41) is 4.76. The first-order chi connectivity index (χ1) is 12.0. The van der Waals surface area contributed by atoms with E-state index in [1.165, 1.54) is 17.5 Å². The molecule has 0 aliphatic carbocycles. The lowest BCUT2D eigenvalue weighted by atomic mass is 9.78. The third-order valence-corrected chi connectivity index (χ3v) is 8.92. The highest BCUT2D eigenvalue weighted by Crippen LogP contribution is 2.39. The van der Waals surface area contributed by atoms with E-state index in [0.717, 1.165) is 37.9 Å². The lowest BCUT2D eigenvalue weighted by molar-refractivity contribution is 0.175. The number of nitrogens with zero attached hydrogens (tertiary/aromatic N) is 2. The van der Waals surface area contributed by atoms with E-state index in [2.05, 4.69) is 10.3 Å². The molecule has 1 N–H and O–H groups in total. The summed E-state index contributed by atoms with van der Waals surface area (Å²) in [6.07, 6.45) is 4.50. The second-order valence-corrected chi connectivity index (χ2v) is 10.5. The van der Waals surface area contributed by atoms with Crippen molar-refractivity contribution in [2.24, 2.45) is 5.41 Å². The molecular weight excluding hydrogens is 378 g/mol. The number of hydrogen-bond acceptors (Lipinski definition) is 5. The maximum Gasteiger partial charge on any atom is 0.254 e. The number of hydrogen-bond donors (Lipinski definition) is 1. The van der Waals surface area contributed by atoms with Gasteiger partial charge in [-0.3, -0.25) is 0 Å². The zero-order valence-electron chi connectivity index (χ0n) is 13.7. The van der Waals surface area contributed by atoms with Gasteiger partial charge in [0.2, 0.25) is 0 Å². The molecule has 1 aromatic carbocycles. The summed E-state index contributed by atoms with van der Waals surface area (Å²) in [4.78, 5) is 4.31. The highest BCUT2D eigenvalue weighted by molar-refractivity contribution is 7.91. The predicted octanol–water partition coefficient (Wildman–Crippen LogP) is 3.23. The van der Waals surface area contributed by atoms with E-state index in [0.29, 0.717) is 32.7 Å². The van der Waals surface area contributed by atoms with Crippen LogP contribution in [-0.2, 0) is 10.0 Å². The molecule has 1 aromatic heterocycles. The molecule has 2 aliphatic rings. The summed E-state index contributed by atoms with van der Waals surface area (Å²) in [7, 11) is -3.46. The van der Waals surface area contributed by atoms with Crippen LogP contribution in [0.25, 0.3) is 10.6 Å². The maximum atomic E-state index is 12.9. The first-order valence-corrected chi connectivity index (χ1v) is 11.0. The number of thiazole rings is 1. The molecular formula is C17H20ClN3O2S2. The average molecular weight is 398 g/mol. The summed E-state index contributed by atoms with van der Waals surface area (Å²) in [6.45, 7) is 3.25. The van der Waals surface area contributed by atoms with E-state index in [1.54, 1.807) is 16.4 Å². The SMILES string of the molecule is O=S(=O)(c1cnc(-c2ccc(Cl)cc2)s1)N1CCC2(CCNC2)CC1. The maximum absolute atomic E-state index is 12.9. The number of aromatic nitrogens is 1. The van der Waals surface area contributed by atoms with Gasteiger partial charge in [0.1, 0.15) is 5.01 Å². The number of rotatable bonds is 3. The molecule has 2 aliphatic heterocycles. The van der Waals surface area contributed by atoms with Crippen molar-refractivity contribution in [1.82, 2.24) is 14.6 Å². The molecule has 0 unspecified atom stereocenters. The molecule has 0 amide bonds. The summed E-state index contributed by atoms with van der Waals surface area (Å²) in [5.74, 6) is 0. The standard InChI is InChI=1S/C17H20ClN3O2S2/c18-14-3-1-13(2-4-14)16-20-11-15(24-16)25(22,23)21-9-6-17(7-10-21)5-8-19-12-17/h1-4,11,19H,5-10,12H2. The molecule has 1 spiro atoms. The number of sulfonamides is 1. The molecule has 25 heavy (non-hydrogen) atoms. The van der Waals surface area contributed by atoms with Gasteiger partial charge in [-0.15, -0.1) is 11.3 Å². The van der Waals surface area contributed by atoms with Crippen LogP contribution in [0.3, 0.4) is 0 Å². The predicted molar refractivity (Wildman–Crippen MR) is 100 cm³/mol. The van der Waals surface area contributed by atoms with Gasteiger partial charge in [0, 0.05) is 30.2 Å². The van der Waals surface area contributed by atoms with Crippen molar-refractivity contribution in [2.45, 2.75) is 23.5 Å². The fraction of sp³-hybridized carbons (Fsp3) is 0.471. The monoisotopic (exact) mass is 397 g/mol. The highest BCUT2D eigenvalue weighted by atomic mass is 35.5. The summed E-state index contributed by atoms with van der Waals surface area (Å²) in [5.41, 5.74) is 1.18. The van der Waals surface area contributed by atoms with Crippen molar-refractivity contribution in [3.8, 4) is 10.6 Å². The molecule has 0 atom stereocenters. The average Bonchev–Trinajstić information content (AvgIpc) is 3.27. The van der Waals surface area contributed by atoms with E-state index in [-0.39, 0.29) is 0 Å². The first kappa shape index (κ1) is 17.4. The molecule has 0 bridgehead atoms. The lowest BCUT2D eigenvalue weighted by Crippen LogP contribution is -2.43. The van der Waals surface area contributed by atoms with Crippen molar-refractivity contribution in [3.05, 3.63) is 35.5 Å².